The molecule has 1 aliphatic rings. The van der Waals surface area contributed by atoms with Crippen LogP contribution in [0.3, 0.4) is 0 Å². The molecule has 4 nitrogen and oxygen atoms in total. The largest absolute Gasteiger partial charge is 0.241 e. The Labute approximate surface area is 179 Å². The Bertz CT molecular complexity index is 1070. The van der Waals surface area contributed by atoms with Crippen molar-refractivity contribution in [1.82, 2.24) is 19.9 Å². The molecule has 0 N–H and O–H groups in total. The van der Waals surface area contributed by atoms with Crippen LogP contribution in [0.2, 0.25) is 0 Å². The Hall–Kier alpha value is -2.88. The van der Waals surface area contributed by atoms with Crippen molar-refractivity contribution in [2.75, 3.05) is 0 Å². The minimum atomic E-state index is 0.541. The van der Waals surface area contributed by atoms with Gasteiger partial charge in [-0.05, 0) is 68.2 Å². The summed E-state index contributed by atoms with van der Waals surface area (Å²) in [5, 5.41) is 0. The Balaban J connectivity index is 1.59. The topological polar surface area (TPSA) is 51.6 Å². The van der Waals surface area contributed by atoms with Crippen molar-refractivity contribution in [1.29, 1.82) is 0 Å². The molecule has 0 unspecified atom stereocenters. The van der Waals surface area contributed by atoms with Crippen molar-refractivity contribution >= 4 is 5.57 Å². The maximum Gasteiger partial charge on any atom is 0.163 e. The van der Waals surface area contributed by atoms with E-state index in [0.29, 0.717) is 5.92 Å². The van der Waals surface area contributed by atoms with E-state index < -0.39 is 0 Å². The molecule has 3 aromatic rings. The van der Waals surface area contributed by atoms with E-state index in [0.717, 1.165) is 59.7 Å². The molecule has 1 fully saturated rings. The van der Waals surface area contributed by atoms with E-state index in [1.165, 1.54) is 29.5 Å². The Morgan fingerprint density at radius 1 is 1.00 bits per heavy atom. The van der Waals surface area contributed by atoms with Gasteiger partial charge < -0.3 is 0 Å². The van der Waals surface area contributed by atoms with Gasteiger partial charge in [-0.3, -0.25) is 0 Å². The van der Waals surface area contributed by atoms with Crippen molar-refractivity contribution < 1.29 is 0 Å². The third kappa shape index (κ3) is 4.33. The highest BCUT2D eigenvalue weighted by Crippen LogP contribution is 2.43. The number of nitrogens with zero attached hydrogens (tertiary/aromatic N) is 4. The van der Waals surface area contributed by atoms with Gasteiger partial charge in [-0.25, -0.2) is 19.9 Å². The lowest BCUT2D eigenvalue weighted by Gasteiger charge is -2.13. The first-order valence-electron chi connectivity index (χ1n) is 11.0. The van der Waals surface area contributed by atoms with Crippen LogP contribution in [0.25, 0.3) is 17.0 Å². The molecule has 0 radical (unpaired) electrons. The molecular weight excluding hydrogens is 368 g/mol. The number of rotatable bonds is 8. The van der Waals surface area contributed by atoms with Gasteiger partial charge in [0.05, 0.1) is 17.0 Å². The van der Waals surface area contributed by atoms with E-state index in [1.807, 2.05) is 12.3 Å². The van der Waals surface area contributed by atoms with Crippen LogP contribution >= 0.6 is 0 Å². The molecule has 0 aliphatic heterocycles. The molecule has 2 aromatic heterocycles. The zero-order valence-electron chi connectivity index (χ0n) is 18.3. The summed E-state index contributed by atoms with van der Waals surface area (Å²) in [6.45, 7) is 10.5. The highest BCUT2D eigenvalue weighted by molar-refractivity contribution is 5.63. The van der Waals surface area contributed by atoms with Crippen molar-refractivity contribution in [3.05, 3.63) is 77.1 Å². The van der Waals surface area contributed by atoms with Gasteiger partial charge in [0, 0.05) is 17.8 Å². The third-order valence-electron chi connectivity index (χ3n) is 5.92. The molecule has 0 amide bonds. The summed E-state index contributed by atoms with van der Waals surface area (Å²) < 4.78 is 0. The van der Waals surface area contributed by atoms with Gasteiger partial charge in [0.15, 0.2) is 5.82 Å². The van der Waals surface area contributed by atoms with Crippen molar-refractivity contribution in [2.45, 2.75) is 65.2 Å². The molecule has 1 aliphatic carbocycles. The molecule has 2 heterocycles. The van der Waals surface area contributed by atoms with Crippen LogP contribution in [0, 0.1) is 0 Å². The van der Waals surface area contributed by atoms with Crippen LogP contribution in [0.4, 0.5) is 0 Å². The van der Waals surface area contributed by atoms with Crippen LogP contribution in [0.1, 0.15) is 73.3 Å². The predicted molar refractivity (Wildman–Crippen MR) is 122 cm³/mol. The summed E-state index contributed by atoms with van der Waals surface area (Å²) in [5.74, 6) is 1.32. The summed E-state index contributed by atoms with van der Waals surface area (Å²) in [4.78, 5) is 18.7. The van der Waals surface area contributed by atoms with E-state index >= 15 is 0 Å². The second-order valence-electron chi connectivity index (χ2n) is 8.20. The predicted octanol–water partition coefficient (Wildman–Crippen LogP) is 5.75. The van der Waals surface area contributed by atoms with Gasteiger partial charge in [-0.2, -0.15) is 0 Å². The SMILES string of the molecule is C=C(C)c1ccc(CCc2ccnc(-c3c(CC)ncnc3C3CC3)n2)c(CC)c1. The number of benzene rings is 1. The summed E-state index contributed by atoms with van der Waals surface area (Å²) >= 11 is 0. The lowest BCUT2D eigenvalue weighted by atomic mass is 9.95. The zero-order chi connectivity index (χ0) is 21.1. The van der Waals surface area contributed by atoms with Crippen LogP contribution in [-0.4, -0.2) is 19.9 Å². The number of aryl methyl sites for hydroxylation is 4. The molecule has 1 aromatic carbocycles. The normalized spacial score (nSPS) is 13.4. The number of allylic oxidation sites excluding steroid dienone is 1. The Morgan fingerprint density at radius 2 is 1.83 bits per heavy atom. The first-order chi connectivity index (χ1) is 14.6. The average molecular weight is 399 g/mol. The maximum atomic E-state index is 4.93. The maximum absolute atomic E-state index is 4.93. The standard InChI is InChI=1S/C26H30N4/c1-5-18-15-21(17(3)4)10-7-19(18)11-12-22-13-14-27-26(30-22)24-23(6-2)28-16-29-25(24)20-8-9-20/h7,10,13-16,20H,3,5-6,8-9,11-12H2,1-2,4H3. The minimum Gasteiger partial charge on any atom is -0.241 e. The van der Waals surface area contributed by atoms with Gasteiger partial charge in [0.2, 0.25) is 0 Å². The monoisotopic (exact) mass is 398 g/mol. The quantitative estimate of drug-likeness (QED) is 0.484. The second-order valence-corrected chi connectivity index (χ2v) is 8.20. The van der Waals surface area contributed by atoms with E-state index in [9.17, 15) is 0 Å². The van der Waals surface area contributed by atoms with E-state index in [2.05, 4.69) is 60.5 Å². The highest BCUT2D eigenvalue weighted by Gasteiger charge is 2.30. The molecule has 0 atom stereocenters. The Kier molecular flexibility index (Phi) is 6.03. The summed E-state index contributed by atoms with van der Waals surface area (Å²) in [6.07, 6.45) is 9.73. The van der Waals surface area contributed by atoms with Crippen LogP contribution in [0.15, 0.2) is 43.4 Å². The third-order valence-corrected chi connectivity index (χ3v) is 5.92. The summed E-state index contributed by atoms with van der Waals surface area (Å²) in [7, 11) is 0. The van der Waals surface area contributed by atoms with E-state index in [1.54, 1.807) is 6.33 Å². The first-order valence-corrected chi connectivity index (χ1v) is 11.0. The zero-order valence-corrected chi connectivity index (χ0v) is 18.3. The van der Waals surface area contributed by atoms with Crippen molar-refractivity contribution in [3.63, 3.8) is 0 Å². The molecule has 30 heavy (non-hydrogen) atoms. The molecule has 0 saturated heterocycles. The first kappa shape index (κ1) is 20.4. The summed E-state index contributed by atoms with van der Waals surface area (Å²) in [6, 6.07) is 8.73. The molecular formula is C26H30N4. The molecule has 0 bridgehead atoms. The molecule has 1 saturated carbocycles. The van der Waals surface area contributed by atoms with Crippen molar-refractivity contribution in [2.24, 2.45) is 0 Å². The fourth-order valence-electron chi connectivity index (χ4n) is 4.00. The second kappa shape index (κ2) is 8.86. The van der Waals surface area contributed by atoms with Crippen LogP contribution < -0.4 is 0 Å². The number of hydrogen-bond donors (Lipinski definition) is 0. The van der Waals surface area contributed by atoms with Crippen LogP contribution in [0.5, 0.6) is 0 Å². The fourth-order valence-corrected chi connectivity index (χ4v) is 4.00. The average Bonchev–Trinajstić information content (AvgIpc) is 3.62. The molecule has 4 heteroatoms. The van der Waals surface area contributed by atoms with Gasteiger partial charge in [-0.1, -0.05) is 44.2 Å². The minimum absolute atomic E-state index is 0.541. The number of hydrogen-bond acceptors (Lipinski definition) is 4. The lowest BCUT2D eigenvalue weighted by molar-refractivity contribution is 0.877. The smallest absolute Gasteiger partial charge is 0.163 e. The van der Waals surface area contributed by atoms with Gasteiger partial charge in [0.1, 0.15) is 6.33 Å². The van der Waals surface area contributed by atoms with Gasteiger partial charge >= 0.3 is 0 Å². The number of aromatic nitrogens is 4. The molecule has 0 spiro atoms. The van der Waals surface area contributed by atoms with Gasteiger partial charge in [-0.15, -0.1) is 0 Å². The van der Waals surface area contributed by atoms with Crippen LogP contribution in [-0.2, 0) is 25.7 Å². The van der Waals surface area contributed by atoms with Crippen molar-refractivity contribution in [3.8, 4) is 11.4 Å². The fraction of sp³-hybridized carbons (Fsp3) is 0.385. The Morgan fingerprint density at radius 3 is 2.53 bits per heavy atom. The van der Waals surface area contributed by atoms with E-state index in [4.69, 9.17) is 4.98 Å². The molecule has 154 valence electrons. The summed E-state index contributed by atoms with van der Waals surface area (Å²) in [5.41, 5.74) is 9.42. The lowest BCUT2D eigenvalue weighted by Crippen LogP contribution is -2.05. The van der Waals surface area contributed by atoms with E-state index in [-0.39, 0.29) is 0 Å². The molecule has 4 rings (SSSR count). The van der Waals surface area contributed by atoms with Gasteiger partial charge in [0.25, 0.3) is 0 Å². The highest BCUT2D eigenvalue weighted by atomic mass is 14.9.